The van der Waals surface area contributed by atoms with Gasteiger partial charge < -0.3 is 10.1 Å². The Kier molecular flexibility index (Phi) is 9.45. The SMILES string of the molecule is CCOC(=O)c1c(NC(=O)C(F)(F)C(F)(F)C(F)(F)C(F)(F)C(F)(F)C(F)(F)C(F)(F)C(F)(F)F)sc(C(C)=O)c1C. The Bertz CT molecular complexity index is 1240. The number of hydrogen-bond acceptors (Lipinski definition) is 5. The fourth-order valence-corrected chi connectivity index (χ4v) is 3.96. The smallest absolute Gasteiger partial charge is 0.460 e. The van der Waals surface area contributed by atoms with E-state index in [9.17, 15) is 89.0 Å². The quantitative estimate of drug-likeness (QED) is 0.151. The summed E-state index contributed by atoms with van der Waals surface area (Å²) in [6.07, 6.45) is -7.90. The number of ether oxygens (including phenoxy) is 1. The zero-order valence-corrected chi connectivity index (χ0v) is 21.0. The molecule has 1 heterocycles. The highest BCUT2D eigenvalue weighted by atomic mass is 32.1. The molecular weight excluding hydrogens is 661 g/mol. The Labute approximate surface area is 225 Å². The Morgan fingerprint density at radius 2 is 1.07 bits per heavy atom. The lowest BCUT2D eigenvalue weighted by Crippen LogP contribution is -2.75. The number of alkyl halides is 17. The van der Waals surface area contributed by atoms with E-state index in [4.69, 9.17) is 0 Å². The summed E-state index contributed by atoms with van der Waals surface area (Å²) in [6.45, 7) is 2.29. The predicted molar refractivity (Wildman–Crippen MR) is 104 cm³/mol. The van der Waals surface area contributed by atoms with Crippen molar-refractivity contribution in [2.75, 3.05) is 11.9 Å². The summed E-state index contributed by atoms with van der Waals surface area (Å²) < 4.78 is 233. The average molecular weight is 673 g/mol. The van der Waals surface area contributed by atoms with Crippen molar-refractivity contribution >= 4 is 34.0 Å². The molecule has 242 valence electrons. The lowest BCUT2D eigenvalue weighted by molar-refractivity contribution is -0.459. The number of anilines is 1. The van der Waals surface area contributed by atoms with Gasteiger partial charge in [-0.2, -0.15) is 74.6 Å². The van der Waals surface area contributed by atoms with E-state index in [1.165, 1.54) is 0 Å². The first-order chi connectivity index (χ1) is 18.3. The molecule has 1 aromatic rings. The van der Waals surface area contributed by atoms with Gasteiger partial charge in [-0.3, -0.25) is 9.59 Å². The highest BCUT2D eigenvalue weighted by molar-refractivity contribution is 7.18. The lowest BCUT2D eigenvalue weighted by atomic mass is 9.89. The molecule has 0 saturated heterocycles. The number of Topliss-reactive ketones (excluding diaryl/α,β-unsaturated/α-hetero) is 1. The molecule has 42 heavy (non-hydrogen) atoms. The second-order valence-electron chi connectivity index (χ2n) is 8.01. The summed E-state index contributed by atoms with van der Waals surface area (Å²) in [6, 6.07) is 0. The van der Waals surface area contributed by atoms with E-state index in [0.29, 0.717) is 5.32 Å². The number of carbonyl (C=O) groups excluding carboxylic acids is 3. The first-order valence-corrected chi connectivity index (χ1v) is 11.0. The lowest BCUT2D eigenvalue weighted by Gasteiger charge is -2.42. The molecule has 0 spiro atoms. The Morgan fingerprint density at radius 1 is 0.690 bits per heavy atom. The third-order valence-electron chi connectivity index (χ3n) is 5.18. The number of amides is 1. The van der Waals surface area contributed by atoms with Crippen LogP contribution in [-0.2, 0) is 9.53 Å². The number of nitrogens with one attached hydrogen (secondary N) is 1. The third kappa shape index (κ3) is 5.13. The number of esters is 1. The van der Waals surface area contributed by atoms with Gasteiger partial charge >= 0.3 is 59.5 Å². The standard InChI is InChI=1S/C19H12F17NO4S/c1-4-41-10(39)7-5(2)8(6(3)38)42-9(7)37-11(40)12(20,21)13(22,23)14(24,25)15(26,27)16(28,29)17(30,31)18(32,33)19(34,35)36/h4H2,1-3H3,(H,37,40). The summed E-state index contributed by atoms with van der Waals surface area (Å²) in [5.41, 5.74) is -1.56. The number of rotatable bonds is 11. The minimum atomic E-state index is -8.86. The van der Waals surface area contributed by atoms with Gasteiger partial charge in [-0.05, 0) is 26.3 Å². The molecule has 0 unspecified atom stereocenters. The fraction of sp³-hybridized carbons (Fsp3) is 0.632. The van der Waals surface area contributed by atoms with Crippen molar-refractivity contribution in [2.45, 2.75) is 68.4 Å². The molecular formula is C19H12F17NO4S. The topological polar surface area (TPSA) is 72.5 Å². The van der Waals surface area contributed by atoms with Crippen LogP contribution in [0.25, 0.3) is 0 Å². The van der Waals surface area contributed by atoms with Crippen LogP contribution in [0, 0.1) is 6.92 Å². The molecule has 1 rings (SSSR count). The minimum absolute atomic E-state index is 0.176. The average Bonchev–Trinajstić information content (AvgIpc) is 3.13. The van der Waals surface area contributed by atoms with E-state index in [-0.39, 0.29) is 11.3 Å². The monoisotopic (exact) mass is 673 g/mol. The van der Waals surface area contributed by atoms with Crippen LogP contribution in [0.2, 0.25) is 0 Å². The van der Waals surface area contributed by atoms with E-state index in [2.05, 4.69) is 4.74 Å². The number of halogens is 17. The van der Waals surface area contributed by atoms with Gasteiger partial charge in [-0.1, -0.05) is 0 Å². The first-order valence-electron chi connectivity index (χ1n) is 10.2. The fourth-order valence-electron chi connectivity index (χ4n) is 2.87. The Hall–Kier alpha value is -2.88. The number of hydrogen-bond donors (Lipinski definition) is 1. The highest BCUT2D eigenvalue weighted by Gasteiger charge is 2.95. The second-order valence-corrected chi connectivity index (χ2v) is 9.03. The van der Waals surface area contributed by atoms with Gasteiger partial charge in [0.2, 0.25) is 0 Å². The molecule has 0 aliphatic carbocycles. The second kappa shape index (κ2) is 10.7. The van der Waals surface area contributed by atoms with Crippen molar-refractivity contribution in [3.05, 3.63) is 16.0 Å². The normalized spacial score (nSPS) is 14.6. The van der Waals surface area contributed by atoms with Crippen LogP contribution < -0.4 is 5.32 Å². The molecule has 0 bridgehead atoms. The van der Waals surface area contributed by atoms with Crippen LogP contribution >= 0.6 is 11.3 Å². The summed E-state index contributed by atoms with van der Waals surface area (Å²) in [4.78, 5) is 35.0. The van der Waals surface area contributed by atoms with Gasteiger partial charge in [0.25, 0.3) is 0 Å². The highest BCUT2D eigenvalue weighted by Crippen LogP contribution is 2.64. The molecule has 0 radical (unpaired) electrons. The van der Waals surface area contributed by atoms with Gasteiger partial charge in [0.05, 0.1) is 17.0 Å². The molecule has 5 nitrogen and oxygen atoms in total. The van der Waals surface area contributed by atoms with Crippen LogP contribution in [0.15, 0.2) is 0 Å². The minimum Gasteiger partial charge on any atom is -0.462 e. The summed E-state index contributed by atoms with van der Waals surface area (Å²) in [5.74, 6) is -65.5. The van der Waals surface area contributed by atoms with Crippen molar-refractivity contribution in [2.24, 2.45) is 0 Å². The van der Waals surface area contributed by atoms with E-state index < -0.39 is 92.9 Å². The maximum Gasteiger partial charge on any atom is 0.460 e. The van der Waals surface area contributed by atoms with Gasteiger partial charge in [-0.15, -0.1) is 11.3 Å². The van der Waals surface area contributed by atoms with Crippen molar-refractivity contribution in [3.8, 4) is 0 Å². The predicted octanol–water partition coefficient (Wildman–Crippen LogP) is 7.38. The molecule has 1 aromatic heterocycles. The van der Waals surface area contributed by atoms with Crippen molar-refractivity contribution in [1.29, 1.82) is 0 Å². The number of carbonyl (C=O) groups is 3. The molecule has 0 fully saturated rings. The molecule has 0 aromatic carbocycles. The zero-order chi connectivity index (χ0) is 33.9. The van der Waals surface area contributed by atoms with Crippen molar-refractivity contribution < 1.29 is 93.8 Å². The van der Waals surface area contributed by atoms with Crippen LogP contribution in [0.1, 0.15) is 39.4 Å². The van der Waals surface area contributed by atoms with Gasteiger partial charge in [0.15, 0.2) is 5.78 Å². The number of ketones is 1. The van der Waals surface area contributed by atoms with E-state index in [0.717, 1.165) is 20.8 Å². The van der Waals surface area contributed by atoms with Crippen LogP contribution in [0.4, 0.5) is 79.6 Å². The number of thiophene rings is 1. The van der Waals surface area contributed by atoms with E-state index in [1.54, 1.807) is 0 Å². The summed E-state index contributed by atoms with van der Waals surface area (Å²) in [5, 5.41) is -0.704. The van der Waals surface area contributed by atoms with Crippen LogP contribution in [-0.4, -0.2) is 71.9 Å². The molecule has 0 saturated carbocycles. The van der Waals surface area contributed by atoms with Gasteiger partial charge in [0.1, 0.15) is 5.00 Å². The maximum absolute atomic E-state index is 14.2. The molecule has 23 heteroatoms. The van der Waals surface area contributed by atoms with Crippen molar-refractivity contribution in [3.63, 3.8) is 0 Å². The Morgan fingerprint density at radius 3 is 1.43 bits per heavy atom. The zero-order valence-electron chi connectivity index (χ0n) is 20.2. The maximum atomic E-state index is 14.2. The molecule has 0 aliphatic rings. The third-order valence-corrected chi connectivity index (χ3v) is 6.49. The largest absolute Gasteiger partial charge is 0.462 e. The molecule has 1 N–H and O–H groups in total. The van der Waals surface area contributed by atoms with Crippen LogP contribution in [0.5, 0.6) is 0 Å². The first kappa shape index (κ1) is 37.1. The Balaban J connectivity index is 3.72. The summed E-state index contributed by atoms with van der Waals surface area (Å²) in [7, 11) is 0. The van der Waals surface area contributed by atoms with Gasteiger partial charge in [0, 0.05) is 0 Å². The molecule has 0 aliphatic heterocycles. The summed E-state index contributed by atoms with van der Waals surface area (Å²) >= 11 is -0.176. The van der Waals surface area contributed by atoms with E-state index >= 15 is 0 Å². The molecule has 0 atom stereocenters. The molecule has 1 amide bonds. The van der Waals surface area contributed by atoms with Gasteiger partial charge in [-0.25, -0.2) is 4.79 Å². The van der Waals surface area contributed by atoms with Crippen LogP contribution in [0.3, 0.4) is 0 Å². The van der Waals surface area contributed by atoms with E-state index in [1.807, 2.05) is 0 Å². The van der Waals surface area contributed by atoms with Crippen molar-refractivity contribution in [1.82, 2.24) is 0 Å².